The van der Waals surface area contributed by atoms with Gasteiger partial charge in [-0.2, -0.15) is 0 Å². The highest BCUT2D eigenvalue weighted by atomic mass is 32.2. The highest BCUT2D eigenvalue weighted by Gasteiger charge is 2.25. The van der Waals surface area contributed by atoms with Crippen LogP contribution in [0.1, 0.15) is 11.1 Å². The molecule has 3 aromatic carbocycles. The van der Waals surface area contributed by atoms with E-state index in [1.807, 2.05) is 0 Å². The Labute approximate surface area is 226 Å². The SMILES string of the molecule is COc1ccc(C=Cc2cc(OC)c(OC)c(OC)c2)c(NS(=O)(=O)c2cc(OC)c(OC)c(OC)c2)c1F. The fraction of sp³-hybridized carbons (Fsp3) is 0.259. The standard InChI is InChI=1S/C27H30FNO9S/c1-32-19-11-10-17(9-8-16-12-20(33-2)26(37-6)21(13-16)34-3)25(24(19)28)29-39(30,31)18-14-22(35-4)27(38-7)23(15-18)36-5/h8-15,29H,1-7H3. The minimum absolute atomic E-state index is 0.117. The molecule has 0 aliphatic heterocycles. The molecular weight excluding hydrogens is 533 g/mol. The number of hydrogen-bond donors (Lipinski definition) is 1. The maximum absolute atomic E-state index is 15.4. The van der Waals surface area contributed by atoms with Crippen LogP contribution < -0.4 is 37.9 Å². The molecule has 0 saturated carbocycles. The molecule has 0 aliphatic carbocycles. The van der Waals surface area contributed by atoms with E-state index in [0.29, 0.717) is 22.8 Å². The number of sulfonamides is 1. The second-order valence-corrected chi connectivity index (χ2v) is 9.49. The van der Waals surface area contributed by atoms with E-state index in [4.69, 9.17) is 33.2 Å². The topological polar surface area (TPSA) is 111 Å². The van der Waals surface area contributed by atoms with Crippen molar-refractivity contribution in [2.24, 2.45) is 0 Å². The maximum Gasteiger partial charge on any atom is 0.262 e. The van der Waals surface area contributed by atoms with E-state index in [1.54, 1.807) is 18.2 Å². The van der Waals surface area contributed by atoms with E-state index in [1.165, 1.54) is 80.1 Å². The molecule has 0 amide bonds. The average Bonchev–Trinajstić information content (AvgIpc) is 2.95. The fourth-order valence-corrected chi connectivity index (χ4v) is 4.88. The number of ether oxygens (including phenoxy) is 7. The van der Waals surface area contributed by atoms with E-state index in [9.17, 15) is 8.42 Å². The average molecular weight is 564 g/mol. The number of rotatable bonds is 12. The van der Waals surface area contributed by atoms with E-state index in [2.05, 4.69) is 4.72 Å². The van der Waals surface area contributed by atoms with Crippen LogP contribution in [0, 0.1) is 5.82 Å². The first-order valence-corrected chi connectivity index (χ1v) is 12.8. The number of nitrogens with one attached hydrogen (secondary N) is 1. The van der Waals surface area contributed by atoms with E-state index >= 15 is 4.39 Å². The van der Waals surface area contributed by atoms with Crippen molar-refractivity contribution in [2.75, 3.05) is 54.5 Å². The lowest BCUT2D eigenvalue weighted by Crippen LogP contribution is -2.16. The van der Waals surface area contributed by atoms with E-state index in [-0.39, 0.29) is 39.1 Å². The summed E-state index contributed by atoms with van der Waals surface area (Å²) in [5.74, 6) is 0.633. The van der Waals surface area contributed by atoms with Gasteiger partial charge < -0.3 is 33.2 Å². The monoisotopic (exact) mass is 563 g/mol. The smallest absolute Gasteiger partial charge is 0.262 e. The molecule has 0 heterocycles. The van der Waals surface area contributed by atoms with Crippen LogP contribution in [0.4, 0.5) is 10.1 Å². The molecule has 0 bridgehead atoms. The third-order valence-electron chi connectivity index (χ3n) is 5.69. The molecule has 0 aromatic heterocycles. The van der Waals surface area contributed by atoms with Gasteiger partial charge in [-0.05, 0) is 29.8 Å². The highest BCUT2D eigenvalue weighted by molar-refractivity contribution is 7.92. The van der Waals surface area contributed by atoms with Gasteiger partial charge in [-0.1, -0.05) is 12.2 Å². The molecule has 0 radical (unpaired) electrons. The normalized spacial score (nSPS) is 11.2. The molecule has 0 spiro atoms. The zero-order valence-corrected chi connectivity index (χ0v) is 23.4. The van der Waals surface area contributed by atoms with Gasteiger partial charge in [0.15, 0.2) is 34.6 Å². The minimum atomic E-state index is -4.34. The van der Waals surface area contributed by atoms with Gasteiger partial charge in [0, 0.05) is 17.7 Å². The van der Waals surface area contributed by atoms with Crippen molar-refractivity contribution in [3.8, 4) is 40.2 Å². The van der Waals surface area contributed by atoms with Gasteiger partial charge in [0.1, 0.15) is 0 Å². The van der Waals surface area contributed by atoms with Gasteiger partial charge in [-0.25, -0.2) is 12.8 Å². The molecule has 0 fully saturated rings. The van der Waals surface area contributed by atoms with Crippen molar-refractivity contribution in [1.82, 2.24) is 0 Å². The van der Waals surface area contributed by atoms with Gasteiger partial charge in [0.25, 0.3) is 10.0 Å². The van der Waals surface area contributed by atoms with Crippen molar-refractivity contribution >= 4 is 27.9 Å². The zero-order valence-electron chi connectivity index (χ0n) is 22.6. The van der Waals surface area contributed by atoms with Gasteiger partial charge >= 0.3 is 0 Å². The Kier molecular flexibility index (Phi) is 9.36. The fourth-order valence-electron chi connectivity index (χ4n) is 3.76. The Morgan fingerprint density at radius 1 is 0.641 bits per heavy atom. The van der Waals surface area contributed by atoms with Crippen LogP contribution in [0.25, 0.3) is 12.2 Å². The second-order valence-electron chi connectivity index (χ2n) is 7.80. The molecule has 0 aliphatic rings. The first kappa shape index (κ1) is 29.2. The van der Waals surface area contributed by atoms with Gasteiger partial charge in [-0.3, -0.25) is 4.72 Å². The van der Waals surface area contributed by atoms with Crippen molar-refractivity contribution in [1.29, 1.82) is 0 Å². The molecule has 0 atom stereocenters. The van der Waals surface area contributed by atoms with Crippen LogP contribution in [0.15, 0.2) is 41.3 Å². The quantitative estimate of drug-likeness (QED) is 0.309. The Morgan fingerprint density at radius 3 is 1.54 bits per heavy atom. The first-order valence-electron chi connectivity index (χ1n) is 11.3. The van der Waals surface area contributed by atoms with Crippen LogP contribution in [-0.2, 0) is 10.0 Å². The summed E-state index contributed by atoms with van der Waals surface area (Å²) in [6.07, 6.45) is 3.18. The first-order chi connectivity index (χ1) is 18.7. The van der Waals surface area contributed by atoms with Crippen LogP contribution in [0.2, 0.25) is 0 Å². The molecule has 3 rings (SSSR count). The minimum Gasteiger partial charge on any atom is -0.494 e. The van der Waals surface area contributed by atoms with Crippen molar-refractivity contribution in [2.45, 2.75) is 4.90 Å². The van der Waals surface area contributed by atoms with Crippen molar-refractivity contribution in [3.05, 3.63) is 53.3 Å². The molecule has 12 heteroatoms. The molecule has 10 nitrogen and oxygen atoms in total. The summed E-state index contributed by atoms with van der Waals surface area (Å²) in [6.45, 7) is 0. The Balaban J connectivity index is 2.11. The molecule has 210 valence electrons. The van der Waals surface area contributed by atoms with Gasteiger partial charge in [-0.15, -0.1) is 0 Å². The largest absolute Gasteiger partial charge is 0.494 e. The molecule has 3 aromatic rings. The molecular formula is C27H30FNO9S. The highest BCUT2D eigenvalue weighted by Crippen LogP contribution is 2.41. The summed E-state index contributed by atoms with van der Waals surface area (Å²) in [6, 6.07) is 8.78. The molecule has 39 heavy (non-hydrogen) atoms. The van der Waals surface area contributed by atoms with E-state index in [0.717, 1.165) is 0 Å². The number of benzene rings is 3. The zero-order chi connectivity index (χ0) is 28.7. The summed E-state index contributed by atoms with van der Waals surface area (Å²) in [5, 5.41) is 0. The third kappa shape index (κ3) is 6.06. The number of anilines is 1. The molecule has 0 unspecified atom stereocenters. The van der Waals surface area contributed by atoms with Crippen LogP contribution >= 0.6 is 0 Å². The Morgan fingerprint density at radius 2 is 1.10 bits per heavy atom. The summed E-state index contributed by atoms with van der Waals surface area (Å²) in [5.41, 5.74) is 0.518. The lowest BCUT2D eigenvalue weighted by Gasteiger charge is -2.17. The second kappa shape index (κ2) is 12.5. The summed E-state index contributed by atoms with van der Waals surface area (Å²) < 4.78 is 81.5. The predicted molar refractivity (Wildman–Crippen MR) is 145 cm³/mol. The van der Waals surface area contributed by atoms with Crippen molar-refractivity contribution < 1.29 is 46.0 Å². The summed E-state index contributed by atoms with van der Waals surface area (Å²) >= 11 is 0. The summed E-state index contributed by atoms with van der Waals surface area (Å²) in [7, 11) is 5.51. The predicted octanol–water partition coefficient (Wildman–Crippen LogP) is 4.86. The van der Waals surface area contributed by atoms with Gasteiger partial charge in [0.2, 0.25) is 11.5 Å². The van der Waals surface area contributed by atoms with Crippen molar-refractivity contribution in [3.63, 3.8) is 0 Å². The maximum atomic E-state index is 15.4. The Hall–Kier alpha value is -4.32. The third-order valence-corrected chi connectivity index (χ3v) is 7.02. The van der Waals surface area contributed by atoms with E-state index < -0.39 is 15.8 Å². The lowest BCUT2D eigenvalue weighted by atomic mass is 10.1. The lowest BCUT2D eigenvalue weighted by molar-refractivity contribution is 0.323. The molecule has 0 saturated heterocycles. The summed E-state index contributed by atoms with van der Waals surface area (Å²) in [4.78, 5) is -0.237. The van der Waals surface area contributed by atoms with Crippen LogP contribution in [0.5, 0.6) is 40.2 Å². The number of halogens is 1. The number of hydrogen-bond acceptors (Lipinski definition) is 9. The Bertz CT molecular complexity index is 1420. The van der Waals surface area contributed by atoms with Crippen LogP contribution in [0.3, 0.4) is 0 Å². The number of methoxy groups -OCH3 is 7. The molecule has 1 N–H and O–H groups in total. The van der Waals surface area contributed by atoms with Crippen LogP contribution in [-0.4, -0.2) is 58.2 Å². The van der Waals surface area contributed by atoms with Gasteiger partial charge in [0.05, 0.1) is 60.4 Å².